The number of aryl methyl sites for hydroxylation is 1. The van der Waals surface area contributed by atoms with Gasteiger partial charge in [-0.15, -0.1) is 0 Å². The Morgan fingerprint density at radius 2 is 1.95 bits per heavy atom. The molecule has 0 aliphatic heterocycles. The molecular weight excluding hydrogens is 274 g/mol. The van der Waals surface area contributed by atoms with Gasteiger partial charge in [0.15, 0.2) is 5.76 Å². The minimum Gasteiger partial charge on any atom is -0.489 e. The van der Waals surface area contributed by atoms with Crippen LogP contribution in [-0.4, -0.2) is 11.8 Å². The number of carbonyl (C=O) groups is 2. The van der Waals surface area contributed by atoms with E-state index in [-0.39, 0.29) is 12.4 Å². The fraction of sp³-hybridized carbons (Fsp3) is 0.143. The Bertz CT molecular complexity index is 661. The molecule has 7 heteroatoms. The molecule has 110 valence electrons. The summed E-state index contributed by atoms with van der Waals surface area (Å²) in [5, 5.41) is 0. The van der Waals surface area contributed by atoms with Gasteiger partial charge in [0.2, 0.25) is 5.91 Å². The van der Waals surface area contributed by atoms with Gasteiger partial charge in [0.25, 0.3) is 0 Å². The number of furan rings is 1. The molecule has 0 bridgehead atoms. The molecule has 0 atom stereocenters. The van der Waals surface area contributed by atoms with Crippen LogP contribution in [0.5, 0.6) is 5.75 Å². The number of hydrogen-bond donors (Lipinski definition) is 3. The molecule has 1 heterocycles. The van der Waals surface area contributed by atoms with E-state index in [1.807, 2.05) is 5.43 Å². The second-order valence-electron chi connectivity index (χ2n) is 4.34. The van der Waals surface area contributed by atoms with Crippen molar-refractivity contribution < 1.29 is 18.7 Å². The average Bonchev–Trinajstić information content (AvgIpc) is 2.86. The zero-order valence-electron chi connectivity index (χ0n) is 11.4. The largest absolute Gasteiger partial charge is 0.489 e. The summed E-state index contributed by atoms with van der Waals surface area (Å²) in [4.78, 5) is 22.3. The molecule has 0 fully saturated rings. The molecule has 0 unspecified atom stereocenters. The maximum atomic E-state index is 11.3. The van der Waals surface area contributed by atoms with Gasteiger partial charge in [0, 0.05) is 11.1 Å². The van der Waals surface area contributed by atoms with E-state index >= 15 is 0 Å². The number of carbonyl (C=O) groups excluding carboxylic acids is 2. The van der Waals surface area contributed by atoms with E-state index in [9.17, 15) is 9.59 Å². The van der Waals surface area contributed by atoms with E-state index < -0.39 is 11.8 Å². The topological polar surface area (TPSA) is 121 Å². The van der Waals surface area contributed by atoms with Gasteiger partial charge in [-0.3, -0.25) is 15.0 Å². The molecular formula is C14H15N3O4. The summed E-state index contributed by atoms with van der Waals surface area (Å²) in [7, 11) is 0. The molecule has 21 heavy (non-hydrogen) atoms. The number of primary amides is 1. The Labute approximate surface area is 120 Å². The summed E-state index contributed by atoms with van der Waals surface area (Å²) >= 11 is 0. The average molecular weight is 289 g/mol. The molecule has 1 aromatic heterocycles. The highest BCUT2D eigenvalue weighted by molar-refractivity contribution is 5.92. The lowest BCUT2D eigenvalue weighted by Crippen LogP contribution is -2.29. The van der Waals surface area contributed by atoms with Gasteiger partial charge < -0.3 is 14.9 Å². The maximum absolute atomic E-state index is 11.3. The first-order valence-corrected chi connectivity index (χ1v) is 6.14. The van der Waals surface area contributed by atoms with Crippen LogP contribution < -0.4 is 21.7 Å². The quantitative estimate of drug-likeness (QED) is 0.428. The van der Waals surface area contributed by atoms with Crippen LogP contribution in [0.15, 0.2) is 34.7 Å². The highest BCUT2D eigenvalue weighted by Crippen LogP contribution is 2.18. The fourth-order valence-corrected chi connectivity index (χ4v) is 1.72. The molecule has 5 N–H and O–H groups in total. The molecule has 7 nitrogen and oxygen atoms in total. The van der Waals surface area contributed by atoms with E-state index in [4.69, 9.17) is 20.7 Å². The third kappa shape index (κ3) is 3.40. The fourth-order valence-electron chi connectivity index (χ4n) is 1.72. The number of nitrogens with two attached hydrogens (primary N) is 2. The van der Waals surface area contributed by atoms with Crippen LogP contribution >= 0.6 is 0 Å². The molecule has 0 spiro atoms. The number of nitrogen functional groups attached to an aromatic ring is 1. The first-order chi connectivity index (χ1) is 10.0. The van der Waals surface area contributed by atoms with Gasteiger partial charge in [-0.2, -0.15) is 0 Å². The van der Waals surface area contributed by atoms with Crippen molar-refractivity contribution in [3.63, 3.8) is 0 Å². The van der Waals surface area contributed by atoms with Gasteiger partial charge >= 0.3 is 5.91 Å². The van der Waals surface area contributed by atoms with Gasteiger partial charge in [-0.25, -0.2) is 5.84 Å². The Hall–Kier alpha value is -2.80. The van der Waals surface area contributed by atoms with Crippen LogP contribution in [0, 0.1) is 6.92 Å². The number of hydrogen-bond acceptors (Lipinski definition) is 5. The third-order valence-electron chi connectivity index (χ3n) is 2.91. The minimum atomic E-state index is -0.504. The number of rotatable bonds is 5. The Morgan fingerprint density at radius 3 is 2.52 bits per heavy atom. The van der Waals surface area contributed by atoms with Crippen molar-refractivity contribution in [1.29, 1.82) is 0 Å². The normalized spacial score (nSPS) is 10.2. The van der Waals surface area contributed by atoms with Crippen LogP contribution in [-0.2, 0) is 6.61 Å². The summed E-state index contributed by atoms with van der Waals surface area (Å²) in [5.41, 5.74) is 8.28. The second kappa shape index (κ2) is 6.10. The summed E-state index contributed by atoms with van der Waals surface area (Å²) in [6.07, 6.45) is 0. The van der Waals surface area contributed by atoms with E-state index in [2.05, 4.69) is 0 Å². The number of hydrazine groups is 1. The number of ether oxygens (including phenoxy) is 1. The van der Waals surface area contributed by atoms with Crippen LogP contribution in [0.4, 0.5) is 0 Å². The molecule has 1 aromatic carbocycles. The van der Waals surface area contributed by atoms with Gasteiger partial charge in [-0.1, -0.05) is 0 Å². The maximum Gasteiger partial charge on any atom is 0.300 e. The SMILES string of the molecule is Cc1oc(C(=O)NN)cc1COc1ccc(C(N)=O)cc1. The predicted molar refractivity (Wildman–Crippen MR) is 74.4 cm³/mol. The molecule has 2 rings (SSSR count). The van der Waals surface area contributed by atoms with Crippen molar-refractivity contribution in [1.82, 2.24) is 5.43 Å². The number of benzene rings is 1. The van der Waals surface area contributed by atoms with Gasteiger partial charge in [0.1, 0.15) is 18.1 Å². The summed E-state index contributed by atoms with van der Waals surface area (Å²) in [5.74, 6) is 5.31. The first-order valence-electron chi connectivity index (χ1n) is 6.14. The van der Waals surface area contributed by atoms with E-state index in [0.29, 0.717) is 17.1 Å². The minimum absolute atomic E-state index is 0.123. The zero-order valence-corrected chi connectivity index (χ0v) is 11.4. The lowest BCUT2D eigenvalue weighted by molar-refractivity contribution is 0.0924. The molecule has 0 aliphatic rings. The summed E-state index contributed by atoms with van der Waals surface area (Å²) in [6, 6.07) is 8.00. The standard InChI is InChI=1S/C14H15N3O4/c1-8-10(6-12(21-8)14(19)17-16)7-20-11-4-2-9(3-5-11)13(15)18/h2-6H,7,16H2,1H3,(H2,15,18)(H,17,19). The van der Waals surface area contributed by atoms with Crippen LogP contribution in [0.3, 0.4) is 0 Å². The molecule has 0 aliphatic carbocycles. The Morgan fingerprint density at radius 1 is 1.29 bits per heavy atom. The molecule has 0 saturated heterocycles. The molecule has 0 radical (unpaired) electrons. The molecule has 2 amide bonds. The number of nitrogens with one attached hydrogen (secondary N) is 1. The number of amides is 2. The third-order valence-corrected chi connectivity index (χ3v) is 2.91. The molecule has 0 saturated carbocycles. The van der Waals surface area contributed by atoms with Crippen LogP contribution in [0.1, 0.15) is 32.2 Å². The monoisotopic (exact) mass is 289 g/mol. The van der Waals surface area contributed by atoms with Crippen LogP contribution in [0.2, 0.25) is 0 Å². The summed E-state index contributed by atoms with van der Waals surface area (Å²) in [6.45, 7) is 1.95. The second-order valence-corrected chi connectivity index (χ2v) is 4.34. The predicted octanol–water partition coefficient (Wildman–Crippen LogP) is 0.869. The Kier molecular flexibility index (Phi) is 4.24. The van der Waals surface area contributed by atoms with Crippen molar-refractivity contribution >= 4 is 11.8 Å². The van der Waals surface area contributed by atoms with Crippen molar-refractivity contribution in [3.05, 3.63) is 53.0 Å². The first kappa shape index (κ1) is 14.6. The Balaban J connectivity index is 2.04. The highest BCUT2D eigenvalue weighted by atomic mass is 16.5. The highest BCUT2D eigenvalue weighted by Gasteiger charge is 2.13. The van der Waals surface area contributed by atoms with Crippen LogP contribution in [0.25, 0.3) is 0 Å². The molecule has 2 aromatic rings. The lowest BCUT2D eigenvalue weighted by Gasteiger charge is -2.05. The van der Waals surface area contributed by atoms with Gasteiger partial charge in [0.05, 0.1) is 0 Å². The van der Waals surface area contributed by atoms with Crippen molar-refractivity contribution in [3.8, 4) is 5.75 Å². The van der Waals surface area contributed by atoms with Crippen molar-refractivity contribution in [2.24, 2.45) is 11.6 Å². The van der Waals surface area contributed by atoms with Crippen molar-refractivity contribution in [2.75, 3.05) is 0 Å². The summed E-state index contributed by atoms with van der Waals surface area (Å²) < 4.78 is 10.8. The smallest absolute Gasteiger partial charge is 0.300 e. The van der Waals surface area contributed by atoms with E-state index in [1.165, 1.54) is 0 Å². The zero-order chi connectivity index (χ0) is 15.4. The van der Waals surface area contributed by atoms with E-state index in [0.717, 1.165) is 5.56 Å². The van der Waals surface area contributed by atoms with Crippen molar-refractivity contribution in [2.45, 2.75) is 13.5 Å². The van der Waals surface area contributed by atoms with Gasteiger partial charge in [-0.05, 0) is 37.3 Å². The van der Waals surface area contributed by atoms with E-state index in [1.54, 1.807) is 37.3 Å². The lowest BCUT2D eigenvalue weighted by atomic mass is 10.2.